The van der Waals surface area contributed by atoms with Gasteiger partial charge in [-0.25, -0.2) is 8.61 Å². The van der Waals surface area contributed by atoms with Gasteiger partial charge in [-0.05, 0) is 26.0 Å². The van der Waals surface area contributed by atoms with Crippen LogP contribution in [0.1, 0.15) is 24.2 Å². The number of para-hydroxylation sites is 1. The van der Waals surface area contributed by atoms with E-state index in [9.17, 15) is 18.0 Å². The highest BCUT2D eigenvalue weighted by molar-refractivity contribution is 7.91. The van der Waals surface area contributed by atoms with Gasteiger partial charge < -0.3 is 4.74 Å². The van der Waals surface area contributed by atoms with E-state index in [0.29, 0.717) is 0 Å². The molecule has 1 aliphatic rings. The maximum absolute atomic E-state index is 12.6. The van der Waals surface area contributed by atoms with Crippen LogP contribution in [0.4, 0.5) is 5.69 Å². The van der Waals surface area contributed by atoms with Crippen molar-refractivity contribution in [1.29, 1.82) is 0 Å². The molecular weight excluding hydrogens is 332 g/mol. The van der Waals surface area contributed by atoms with Crippen LogP contribution in [0, 0.1) is 0 Å². The summed E-state index contributed by atoms with van der Waals surface area (Å²) in [6.45, 7) is 2.64. The second-order valence-corrected chi connectivity index (χ2v) is 6.84. The summed E-state index contributed by atoms with van der Waals surface area (Å²) >= 11 is 5.34. The average molecular weight is 347 g/mol. The highest BCUT2D eigenvalue weighted by Gasteiger charge is 2.43. The number of carbonyl (C=O) groups is 2. The molecule has 0 saturated carbocycles. The Balaban J connectivity index is 2.51. The molecule has 0 atom stereocenters. The predicted octanol–water partition coefficient (Wildman–Crippen LogP) is 1.34. The number of carbonyl (C=O) groups excluding carboxylic acids is 2. The Labute approximate surface area is 133 Å². The first kappa shape index (κ1) is 16.6. The molecule has 0 radical (unpaired) electrons. The van der Waals surface area contributed by atoms with E-state index in [1.807, 2.05) is 0 Å². The third-order valence-corrected chi connectivity index (χ3v) is 5.21. The van der Waals surface area contributed by atoms with Crippen molar-refractivity contribution in [3.05, 3.63) is 29.8 Å². The van der Waals surface area contributed by atoms with E-state index in [4.69, 9.17) is 16.3 Å². The Morgan fingerprint density at radius 2 is 1.95 bits per heavy atom. The molecule has 1 heterocycles. The van der Waals surface area contributed by atoms with Gasteiger partial charge in [-0.15, -0.1) is 11.6 Å². The molecule has 0 aliphatic carbocycles. The molecule has 0 saturated heterocycles. The molecular formula is C13H15ClN2O5S. The second-order valence-electron chi connectivity index (χ2n) is 4.85. The molecule has 9 heteroatoms. The summed E-state index contributed by atoms with van der Waals surface area (Å²) in [5.41, 5.74) is 0.403. The molecule has 0 spiro atoms. The summed E-state index contributed by atoms with van der Waals surface area (Å²) in [5, 5.41) is 0. The van der Waals surface area contributed by atoms with Gasteiger partial charge in [0.2, 0.25) is 0 Å². The van der Waals surface area contributed by atoms with Crippen molar-refractivity contribution >= 4 is 39.4 Å². The minimum absolute atomic E-state index is 0.173. The maximum Gasteiger partial charge on any atom is 0.331 e. The van der Waals surface area contributed by atoms with Crippen LogP contribution >= 0.6 is 11.6 Å². The van der Waals surface area contributed by atoms with Crippen molar-refractivity contribution in [3.8, 4) is 0 Å². The standard InChI is InChI=1S/C13H15ClN2O5S/c1-9(2)16-13(18)10-5-3-4-6-11(10)15(22(16,19)20)8-21-12(17)7-14/h3-6,9H,7-8H2,1-2H3. The Morgan fingerprint density at radius 1 is 1.32 bits per heavy atom. The van der Waals surface area contributed by atoms with Crippen molar-refractivity contribution in [1.82, 2.24) is 4.31 Å². The third-order valence-electron chi connectivity index (χ3n) is 3.05. The van der Waals surface area contributed by atoms with Crippen LogP contribution < -0.4 is 4.31 Å². The average Bonchev–Trinajstić information content (AvgIpc) is 2.45. The first-order valence-corrected chi connectivity index (χ1v) is 8.41. The highest BCUT2D eigenvalue weighted by Crippen LogP contribution is 2.33. The summed E-state index contributed by atoms with van der Waals surface area (Å²) in [4.78, 5) is 23.6. The van der Waals surface area contributed by atoms with E-state index in [2.05, 4.69) is 0 Å². The highest BCUT2D eigenvalue weighted by atomic mass is 35.5. The molecule has 0 bridgehead atoms. The normalized spacial score (nSPS) is 16.6. The van der Waals surface area contributed by atoms with Crippen molar-refractivity contribution < 1.29 is 22.7 Å². The molecule has 0 N–H and O–H groups in total. The van der Waals surface area contributed by atoms with Gasteiger partial charge >= 0.3 is 16.2 Å². The number of esters is 1. The van der Waals surface area contributed by atoms with Crippen LogP contribution in [0.25, 0.3) is 0 Å². The van der Waals surface area contributed by atoms with Gasteiger partial charge in [0, 0.05) is 6.04 Å². The van der Waals surface area contributed by atoms with Crippen LogP contribution in [0.2, 0.25) is 0 Å². The number of halogens is 1. The second kappa shape index (κ2) is 6.13. The zero-order valence-electron chi connectivity index (χ0n) is 12.0. The monoisotopic (exact) mass is 346 g/mol. The Hall–Kier alpha value is -1.80. The summed E-state index contributed by atoms with van der Waals surface area (Å²) in [7, 11) is -4.13. The van der Waals surface area contributed by atoms with Crippen LogP contribution in [0.15, 0.2) is 24.3 Å². The van der Waals surface area contributed by atoms with E-state index in [-0.39, 0.29) is 17.1 Å². The van der Waals surface area contributed by atoms with Gasteiger partial charge in [-0.1, -0.05) is 12.1 Å². The fourth-order valence-electron chi connectivity index (χ4n) is 2.13. The number of anilines is 1. The number of fused-ring (bicyclic) bond motifs is 1. The van der Waals surface area contributed by atoms with Crippen LogP contribution in [-0.4, -0.2) is 43.3 Å². The topological polar surface area (TPSA) is 84.0 Å². The lowest BCUT2D eigenvalue weighted by molar-refractivity contribution is -0.140. The molecule has 0 unspecified atom stereocenters. The number of hydrogen-bond acceptors (Lipinski definition) is 5. The van der Waals surface area contributed by atoms with Crippen molar-refractivity contribution in [3.63, 3.8) is 0 Å². The van der Waals surface area contributed by atoms with Gasteiger partial charge in [0.05, 0.1) is 11.3 Å². The Bertz CT molecular complexity index is 704. The number of ether oxygens (including phenoxy) is 1. The molecule has 1 aliphatic heterocycles. The molecule has 22 heavy (non-hydrogen) atoms. The third kappa shape index (κ3) is 2.76. The predicted molar refractivity (Wildman–Crippen MR) is 80.8 cm³/mol. The fraction of sp³-hybridized carbons (Fsp3) is 0.385. The van der Waals surface area contributed by atoms with E-state index in [1.54, 1.807) is 26.0 Å². The molecule has 2 rings (SSSR count). The minimum atomic E-state index is -4.13. The molecule has 1 aromatic carbocycles. The minimum Gasteiger partial charge on any atom is -0.442 e. The van der Waals surface area contributed by atoms with Crippen LogP contribution in [0.5, 0.6) is 0 Å². The first-order valence-electron chi connectivity index (χ1n) is 6.47. The number of rotatable bonds is 4. The Kier molecular flexibility index (Phi) is 4.62. The molecule has 0 aromatic heterocycles. The Morgan fingerprint density at radius 3 is 2.55 bits per heavy atom. The molecule has 1 aromatic rings. The van der Waals surface area contributed by atoms with E-state index in [1.165, 1.54) is 12.1 Å². The van der Waals surface area contributed by atoms with Crippen LogP contribution in [-0.2, 0) is 19.7 Å². The van der Waals surface area contributed by atoms with Crippen molar-refractivity contribution in [2.24, 2.45) is 0 Å². The summed E-state index contributed by atoms with van der Waals surface area (Å²) in [6, 6.07) is 5.67. The zero-order valence-corrected chi connectivity index (χ0v) is 13.6. The summed E-state index contributed by atoms with van der Waals surface area (Å²) in [5.74, 6) is -1.74. The number of alkyl halides is 1. The number of amides is 1. The largest absolute Gasteiger partial charge is 0.442 e. The van der Waals surface area contributed by atoms with E-state index >= 15 is 0 Å². The quantitative estimate of drug-likeness (QED) is 0.607. The molecule has 1 amide bonds. The van der Waals surface area contributed by atoms with Gasteiger partial charge in [0.1, 0.15) is 5.88 Å². The van der Waals surface area contributed by atoms with E-state index in [0.717, 1.165) is 8.61 Å². The number of benzene rings is 1. The summed E-state index contributed by atoms with van der Waals surface area (Å²) in [6.07, 6.45) is 0. The summed E-state index contributed by atoms with van der Waals surface area (Å²) < 4.78 is 31.7. The fourth-order valence-corrected chi connectivity index (χ4v) is 3.86. The SMILES string of the molecule is CC(C)N1C(=O)c2ccccc2N(COC(=O)CCl)S1(=O)=O. The molecule has 0 fully saturated rings. The lowest BCUT2D eigenvalue weighted by Gasteiger charge is -2.38. The zero-order chi connectivity index (χ0) is 16.5. The lowest BCUT2D eigenvalue weighted by Crippen LogP contribution is -2.54. The van der Waals surface area contributed by atoms with E-state index < -0.39 is 34.9 Å². The maximum atomic E-state index is 12.6. The van der Waals surface area contributed by atoms with Gasteiger partial charge in [0.15, 0.2) is 6.73 Å². The van der Waals surface area contributed by atoms with Gasteiger partial charge in [-0.3, -0.25) is 9.59 Å². The van der Waals surface area contributed by atoms with Crippen molar-refractivity contribution in [2.45, 2.75) is 19.9 Å². The smallest absolute Gasteiger partial charge is 0.331 e. The van der Waals surface area contributed by atoms with Gasteiger partial charge in [-0.2, -0.15) is 8.42 Å². The molecule has 7 nitrogen and oxygen atoms in total. The van der Waals surface area contributed by atoms with Crippen LogP contribution in [0.3, 0.4) is 0 Å². The van der Waals surface area contributed by atoms with Crippen molar-refractivity contribution in [2.75, 3.05) is 16.9 Å². The van der Waals surface area contributed by atoms with Gasteiger partial charge in [0.25, 0.3) is 5.91 Å². The molecule has 120 valence electrons. The first-order chi connectivity index (χ1) is 10.3. The number of nitrogens with zero attached hydrogens (tertiary/aromatic N) is 2. The lowest BCUT2D eigenvalue weighted by atomic mass is 10.1. The number of hydrogen-bond donors (Lipinski definition) is 0.